The van der Waals surface area contributed by atoms with Crippen molar-refractivity contribution in [1.82, 2.24) is 9.88 Å². The first-order chi connectivity index (χ1) is 14.6. The van der Waals surface area contributed by atoms with E-state index in [4.69, 9.17) is 23.2 Å². The Morgan fingerprint density at radius 1 is 0.933 bits per heavy atom. The molecular weight excluding hydrogens is 415 g/mol. The number of fused-ring (bicyclic) bond motifs is 1. The Labute approximate surface area is 186 Å². The molecule has 3 nitrogen and oxygen atoms in total. The second-order valence-corrected chi connectivity index (χ2v) is 8.11. The topological polar surface area (TPSA) is 34.0 Å². The molecule has 0 aliphatic heterocycles. The van der Waals surface area contributed by atoms with Gasteiger partial charge in [-0.1, -0.05) is 71.7 Å². The second-order valence-electron chi connectivity index (χ2n) is 7.27. The summed E-state index contributed by atoms with van der Waals surface area (Å²) in [7, 11) is 0. The molecule has 1 heterocycles. The molecule has 152 valence electrons. The van der Waals surface area contributed by atoms with Crippen molar-refractivity contribution in [2.75, 3.05) is 6.54 Å². The van der Waals surface area contributed by atoms with Gasteiger partial charge in [-0.3, -0.25) is 4.79 Å². The van der Waals surface area contributed by atoms with E-state index in [9.17, 15) is 4.79 Å². The van der Waals surface area contributed by atoms with Crippen molar-refractivity contribution < 1.29 is 4.79 Å². The third kappa shape index (κ3) is 4.69. The predicted molar refractivity (Wildman–Crippen MR) is 125 cm³/mol. The molecule has 5 heteroatoms. The Bertz CT molecular complexity index is 1170. The van der Waals surface area contributed by atoms with Crippen LogP contribution in [-0.4, -0.2) is 17.0 Å². The third-order valence-corrected chi connectivity index (χ3v) is 5.70. The van der Waals surface area contributed by atoms with Crippen molar-refractivity contribution >= 4 is 40.0 Å². The Kier molecular flexibility index (Phi) is 6.41. The smallest absolute Gasteiger partial charge is 0.252 e. The van der Waals surface area contributed by atoms with Gasteiger partial charge in [0.1, 0.15) is 0 Å². The van der Waals surface area contributed by atoms with Crippen LogP contribution in [0.5, 0.6) is 0 Å². The summed E-state index contributed by atoms with van der Waals surface area (Å²) in [6.07, 6.45) is 3.96. The SMILES string of the molecule is O=C(NCCCc1cn(Cc2ccccc2)c2ccccc12)c1ccc(Cl)cc1Cl. The highest BCUT2D eigenvalue weighted by Gasteiger charge is 2.11. The van der Waals surface area contributed by atoms with Crippen LogP contribution in [0, 0.1) is 0 Å². The van der Waals surface area contributed by atoms with Gasteiger partial charge in [0.25, 0.3) is 5.91 Å². The maximum atomic E-state index is 12.4. The van der Waals surface area contributed by atoms with Crippen LogP contribution in [-0.2, 0) is 13.0 Å². The van der Waals surface area contributed by atoms with Gasteiger partial charge in [-0.2, -0.15) is 0 Å². The fourth-order valence-corrected chi connectivity index (χ4v) is 4.18. The summed E-state index contributed by atoms with van der Waals surface area (Å²) >= 11 is 12.0. The van der Waals surface area contributed by atoms with Crippen LogP contribution in [0.4, 0.5) is 0 Å². The largest absolute Gasteiger partial charge is 0.352 e. The van der Waals surface area contributed by atoms with Crippen molar-refractivity contribution in [3.8, 4) is 0 Å². The molecule has 1 amide bonds. The summed E-state index contributed by atoms with van der Waals surface area (Å²) < 4.78 is 2.30. The van der Waals surface area contributed by atoms with E-state index >= 15 is 0 Å². The van der Waals surface area contributed by atoms with Gasteiger partial charge in [0.15, 0.2) is 0 Å². The lowest BCUT2D eigenvalue weighted by Crippen LogP contribution is -2.25. The Morgan fingerprint density at radius 3 is 2.50 bits per heavy atom. The van der Waals surface area contributed by atoms with Crippen LogP contribution in [0.3, 0.4) is 0 Å². The molecular formula is C25H22Cl2N2O. The van der Waals surface area contributed by atoms with Gasteiger partial charge in [0, 0.05) is 35.2 Å². The number of nitrogens with zero attached hydrogens (tertiary/aromatic N) is 1. The summed E-state index contributed by atoms with van der Waals surface area (Å²) in [5.74, 6) is -0.178. The van der Waals surface area contributed by atoms with E-state index in [-0.39, 0.29) is 5.91 Å². The molecule has 0 atom stereocenters. The number of carbonyl (C=O) groups excluding carboxylic acids is 1. The standard InChI is InChI=1S/C25H22Cl2N2O/c26-20-12-13-22(23(27)15-20)25(30)28-14-6-9-19-17-29(16-18-7-2-1-3-8-18)24-11-5-4-10-21(19)24/h1-5,7-8,10-13,15,17H,6,9,14,16H2,(H,28,30). The fraction of sp³-hybridized carbons (Fsp3) is 0.160. The van der Waals surface area contributed by atoms with Gasteiger partial charge in [-0.25, -0.2) is 0 Å². The first kappa shape index (κ1) is 20.5. The minimum absolute atomic E-state index is 0.178. The van der Waals surface area contributed by atoms with Gasteiger partial charge < -0.3 is 9.88 Å². The summed E-state index contributed by atoms with van der Waals surface area (Å²) in [5.41, 5.74) is 4.24. The Morgan fingerprint density at radius 2 is 1.70 bits per heavy atom. The van der Waals surface area contributed by atoms with E-state index < -0.39 is 0 Å². The van der Waals surface area contributed by atoms with E-state index in [1.807, 2.05) is 6.07 Å². The van der Waals surface area contributed by atoms with Gasteiger partial charge in [0.2, 0.25) is 0 Å². The highest BCUT2D eigenvalue weighted by Crippen LogP contribution is 2.24. The van der Waals surface area contributed by atoms with Gasteiger partial charge in [-0.15, -0.1) is 0 Å². The third-order valence-electron chi connectivity index (χ3n) is 5.15. The lowest BCUT2D eigenvalue weighted by molar-refractivity contribution is 0.0953. The number of rotatable bonds is 7. The molecule has 1 aromatic heterocycles. The molecule has 3 aromatic carbocycles. The Hall–Kier alpha value is -2.75. The van der Waals surface area contributed by atoms with Gasteiger partial charge in [-0.05, 0) is 48.2 Å². The number of aromatic nitrogens is 1. The maximum absolute atomic E-state index is 12.4. The van der Waals surface area contributed by atoms with Crippen molar-refractivity contribution in [2.45, 2.75) is 19.4 Å². The Balaban J connectivity index is 1.41. The molecule has 0 spiro atoms. The predicted octanol–water partition coefficient (Wildman–Crippen LogP) is 6.36. The number of hydrogen-bond donors (Lipinski definition) is 1. The van der Waals surface area contributed by atoms with Crippen LogP contribution < -0.4 is 5.32 Å². The number of carbonyl (C=O) groups is 1. The molecule has 30 heavy (non-hydrogen) atoms. The number of hydrogen-bond acceptors (Lipinski definition) is 1. The number of amides is 1. The number of nitrogens with one attached hydrogen (secondary N) is 1. The highest BCUT2D eigenvalue weighted by atomic mass is 35.5. The lowest BCUT2D eigenvalue weighted by Gasteiger charge is -2.07. The first-order valence-corrected chi connectivity index (χ1v) is 10.7. The van der Waals surface area contributed by atoms with E-state index in [0.717, 1.165) is 19.4 Å². The van der Waals surface area contributed by atoms with Crippen molar-refractivity contribution in [2.24, 2.45) is 0 Å². The zero-order valence-electron chi connectivity index (χ0n) is 16.4. The number of para-hydroxylation sites is 1. The molecule has 0 radical (unpaired) electrons. The van der Waals surface area contributed by atoms with Crippen LogP contribution in [0.25, 0.3) is 10.9 Å². The van der Waals surface area contributed by atoms with E-state index in [0.29, 0.717) is 22.2 Å². The quantitative estimate of drug-likeness (QED) is 0.336. The van der Waals surface area contributed by atoms with E-state index in [1.165, 1.54) is 22.0 Å². The van der Waals surface area contributed by atoms with Crippen LogP contribution >= 0.6 is 23.2 Å². The lowest BCUT2D eigenvalue weighted by atomic mass is 10.1. The first-order valence-electron chi connectivity index (χ1n) is 9.96. The van der Waals surface area contributed by atoms with Crippen LogP contribution in [0.15, 0.2) is 79.0 Å². The maximum Gasteiger partial charge on any atom is 0.252 e. The fourth-order valence-electron chi connectivity index (χ4n) is 3.68. The molecule has 0 unspecified atom stereocenters. The van der Waals surface area contributed by atoms with E-state index in [2.05, 4.69) is 64.6 Å². The molecule has 4 rings (SSSR count). The minimum atomic E-state index is -0.178. The molecule has 4 aromatic rings. The second kappa shape index (κ2) is 9.38. The molecule has 0 saturated heterocycles. The molecule has 0 aliphatic carbocycles. The van der Waals surface area contributed by atoms with Gasteiger partial charge in [0.05, 0.1) is 10.6 Å². The molecule has 0 fully saturated rings. The zero-order valence-corrected chi connectivity index (χ0v) is 18.0. The average Bonchev–Trinajstić information content (AvgIpc) is 3.09. The zero-order chi connectivity index (χ0) is 20.9. The summed E-state index contributed by atoms with van der Waals surface area (Å²) in [6, 6.07) is 23.8. The molecule has 1 N–H and O–H groups in total. The molecule has 0 bridgehead atoms. The summed E-state index contributed by atoms with van der Waals surface area (Å²) in [5, 5.41) is 5.10. The number of benzene rings is 3. The highest BCUT2D eigenvalue weighted by molar-refractivity contribution is 6.36. The van der Waals surface area contributed by atoms with Crippen molar-refractivity contribution in [1.29, 1.82) is 0 Å². The molecule has 0 saturated carbocycles. The van der Waals surface area contributed by atoms with Crippen LogP contribution in [0.1, 0.15) is 27.9 Å². The van der Waals surface area contributed by atoms with Crippen molar-refractivity contribution in [3.63, 3.8) is 0 Å². The monoisotopic (exact) mass is 436 g/mol. The average molecular weight is 437 g/mol. The van der Waals surface area contributed by atoms with Gasteiger partial charge >= 0.3 is 0 Å². The number of aryl methyl sites for hydroxylation is 1. The minimum Gasteiger partial charge on any atom is -0.352 e. The normalized spacial score (nSPS) is 11.0. The van der Waals surface area contributed by atoms with Crippen molar-refractivity contribution in [3.05, 3.63) is 106 Å². The summed E-state index contributed by atoms with van der Waals surface area (Å²) in [4.78, 5) is 12.4. The van der Waals surface area contributed by atoms with E-state index in [1.54, 1.807) is 18.2 Å². The number of halogens is 2. The summed E-state index contributed by atoms with van der Waals surface area (Å²) in [6.45, 7) is 1.42. The van der Waals surface area contributed by atoms with Crippen LogP contribution in [0.2, 0.25) is 10.0 Å². The molecule has 0 aliphatic rings.